The van der Waals surface area contributed by atoms with Gasteiger partial charge in [0.2, 0.25) is 0 Å². The van der Waals surface area contributed by atoms with Gasteiger partial charge in [-0.15, -0.1) is 0 Å². The van der Waals surface area contributed by atoms with Crippen molar-refractivity contribution >= 4 is 17.6 Å². The molecule has 0 atom stereocenters. The molecule has 0 aliphatic carbocycles. The van der Waals surface area contributed by atoms with Crippen molar-refractivity contribution in [2.45, 2.75) is 0 Å². The predicted octanol–water partition coefficient (Wildman–Crippen LogP) is 2.20. The van der Waals surface area contributed by atoms with E-state index in [4.69, 9.17) is 0 Å². The molecule has 0 saturated heterocycles. The van der Waals surface area contributed by atoms with Gasteiger partial charge >= 0.3 is 0 Å². The Balaban J connectivity index is 0.000000112. The van der Waals surface area contributed by atoms with Crippen LogP contribution in [0.1, 0.15) is 0 Å². The van der Waals surface area contributed by atoms with Crippen LogP contribution in [-0.2, 0) is 9.88 Å². The van der Waals surface area contributed by atoms with E-state index < -0.39 is 0 Å². The highest BCUT2D eigenvalue weighted by Crippen LogP contribution is 1.91. The summed E-state index contributed by atoms with van der Waals surface area (Å²) in [5.41, 5.74) is 0. The molecule has 1 aliphatic rings. The van der Waals surface area contributed by atoms with Gasteiger partial charge in [-0.05, 0) is 22.0 Å². The van der Waals surface area contributed by atoms with Crippen LogP contribution in [0.2, 0.25) is 0 Å². The van der Waals surface area contributed by atoms with E-state index in [0.29, 0.717) is 0 Å². The second-order valence-electron chi connectivity index (χ2n) is 1.55. The number of nitrogens with zero attached hydrogens (tertiary/aromatic N) is 1. The fraction of sp³-hybridized carbons (Fsp3) is 0. The van der Waals surface area contributed by atoms with Gasteiger partial charge in [-0.25, -0.2) is 0 Å². The smallest absolute Gasteiger partial charge is 0.147 e. The van der Waals surface area contributed by atoms with E-state index in [2.05, 4.69) is 15.0 Å². The van der Waals surface area contributed by atoms with Gasteiger partial charge in [0, 0.05) is 0 Å². The summed E-state index contributed by atoms with van der Waals surface area (Å²) < 4.78 is 0. The third-order valence-electron chi connectivity index (χ3n) is 0.792. The highest BCUT2D eigenvalue weighted by molar-refractivity contribution is 7.07. The van der Waals surface area contributed by atoms with Crippen molar-refractivity contribution < 1.29 is 9.88 Å². The van der Waals surface area contributed by atoms with Gasteiger partial charge in [0.05, 0.1) is 6.21 Å². The molecule has 58 valence electrons. The summed E-state index contributed by atoms with van der Waals surface area (Å²) in [6.07, 6.45) is 4.51. The molecule has 0 spiro atoms. The first-order chi connectivity index (χ1) is 5.50. The zero-order valence-electron chi connectivity index (χ0n) is 5.71. The lowest BCUT2D eigenvalue weighted by atomic mass is 10.7. The molecule has 0 radical (unpaired) electrons. The van der Waals surface area contributed by atoms with Crippen molar-refractivity contribution in [3.05, 3.63) is 35.2 Å². The van der Waals surface area contributed by atoms with Crippen molar-refractivity contribution in [3.63, 3.8) is 0 Å². The first-order valence-electron chi connectivity index (χ1n) is 2.98. The zero-order valence-corrected chi connectivity index (χ0v) is 6.53. The fourth-order valence-corrected chi connectivity index (χ4v) is 0.857. The molecule has 0 bridgehead atoms. The number of hydrogen-bond donors (Lipinski definition) is 0. The second-order valence-corrected chi connectivity index (χ2v) is 2.36. The minimum atomic E-state index is 1.40. The van der Waals surface area contributed by atoms with E-state index in [9.17, 15) is 0 Å². The Kier molecular flexibility index (Phi) is 3.90. The van der Waals surface area contributed by atoms with Crippen LogP contribution in [0, 0.1) is 0 Å². The fourth-order valence-electron chi connectivity index (χ4n) is 0.404. The molecule has 1 aromatic heterocycles. The third kappa shape index (κ3) is 4.16. The van der Waals surface area contributed by atoms with Crippen molar-refractivity contribution in [1.82, 2.24) is 0 Å². The normalized spacial score (nSPS) is 12.4. The van der Waals surface area contributed by atoms with E-state index in [1.165, 1.54) is 12.5 Å². The van der Waals surface area contributed by atoms with Gasteiger partial charge in [-0.2, -0.15) is 16.3 Å². The number of hydrogen-bond acceptors (Lipinski definition) is 4. The Morgan fingerprint density at radius 1 is 1.18 bits per heavy atom. The minimum absolute atomic E-state index is 1.40. The van der Waals surface area contributed by atoms with Crippen LogP contribution in [0.25, 0.3) is 0 Å². The largest absolute Gasteiger partial charge is 0.275 e. The molecule has 2 rings (SSSR count). The predicted molar refractivity (Wildman–Crippen MR) is 44.1 cm³/mol. The van der Waals surface area contributed by atoms with E-state index in [-0.39, 0.29) is 0 Å². The molecular formula is C7H7NO2S. The van der Waals surface area contributed by atoms with Crippen LogP contribution in [-0.4, -0.2) is 6.21 Å². The molecule has 0 saturated carbocycles. The Hall–Kier alpha value is -1.29. The standard InChI is InChI=1S/C4H4S.C3H3NO2/c1-2-4-5-3-1;1-2-4-6-5-3-1/h1-4H;1-3H. The first kappa shape index (κ1) is 7.81. The SMILES string of the molecule is C1=COON=C1.c1ccsc1. The lowest BCUT2D eigenvalue weighted by Crippen LogP contribution is -1.82. The minimum Gasteiger partial charge on any atom is -0.275 e. The van der Waals surface area contributed by atoms with Crippen LogP contribution < -0.4 is 0 Å². The van der Waals surface area contributed by atoms with Gasteiger partial charge in [-0.1, -0.05) is 12.1 Å². The molecule has 0 aromatic carbocycles. The number of oxime groups is 1. The molecule has 2 heterocycles. The maximum Gasteiger partial charge on any atom is 0.147 e. The van der Waals surface area contributed by atoms with Crippen molar-refractivity contribution in [1.29, 1.82) is 0 Å². The quantitative estimate of drug-likeness (QED) is 0.557. The lowest BCUT2D eigenvalue weighted by Gasteiger charge is -1.92. The summed E-state index contributed by atoms with van der Waals surface area (Å²) in [6.45, 7) is 0. The van der Waals surface area contributed by atoms with Crippen LogP contribution in [0.3, 0.4) is 0 Å². The van der Waals surface area contributed by atoms with Gasteiger partial charge in [0.15, 0.2) is 0 Å². The summed E-state index contributed by atoms with van der Waals surface area (Å²) in [7, 11) is 0. The second kappa shape index (κ2) is 5.49. The van der Waals surface area contributed by atoms with E-state index in [0.717, 1.165) is 0 Å². The van der Waals surface area contributed by atoms with Crippen LogP contribution >= 0.6 is 11.3 Å². The summed E-state index contributed by atoms with van der Waals surface area (Å²) in [5, 5.41) is 7.33. The molecule has 4 heteroatoms. The summed E-state index contributed by atoms with van der Waals surface area (Å²) >= 11 is 1.71. The van der Waals surface area contributed by atoms with Crippen molar-refractivity contribution in [2.75, 3.05) is 0 Å². The number of allylic oxidation sites excluding steroid dienone is 1. The van der Waals surface area contributed by atoms with Gasteiger partial charge in [0.25, 0.3) is 0 Å². The highest BCUT2D eigenvalue weighted by Gasteiger charge is 1.77. The molecule has 3 nitrogen and oxygen atoms in total. The summed E-state index contributed by atoms with van der Waals surface area (Å²) in [4.78, 5) is 8.24. The number of thiophene rings is 1. The summed E-state index contributed by atoms with van der Waals surface area (Å²) in [6, 6.07) is 4.04. The summed E-state index contributed by atoms with van der Waals surface area (Å²) in [5.74, 6) is 0. The topological polar surface area (TPSA) is 30.8 Å². The van der Waals surface area contributed by atoms with Crippen LogP contribution in [0.15, 0.2) is 40.4 Å². The van der Waals surface area contributed by atoms with Gasteiger partial charge < -0.3 is 0 Å². The molecule has 0 fully saturated rings. The first-order valence-corrected chi connectivity index (χ1v) is 3.92. The Morgan fingerprint density at radius 3 is 2.18 bits per heavy atom. The Morgan fingerprint density at radius 2 is 2.00 bits per heavy atom. The van der Waals surface area contributed by atoms with E-state index >= 15 is 0 Å². The average Bonchev–Trinajstić information content (AvgIpc) is 2.64. The third-order valence-corrected chi connectivity index (χ3v) is 1.42. The maximum atomic E-state index is 4.19. The highest BCUT2D eigenvalue weighted by atomic mass is 32.1. The van der Waals surface area contributed by atoms with Gasteiger partial charge in [-0.3, -0.25) is 4.89 Å². The van der Waals surface area contributed by atoms with E-state index in [1.54, 1.807) is 17.4 Å². The maximum absolute atomic E-state index is 4.19. The molecule has 0 N–H and O–H groups in total. The molecule has 11 heavy (non-hydrogen) atoms. The molecular weight excluding hydrogens is 162 g/mol. The van der Waals surface area contributed by atoms with Crippen LogP contribution in [0.5, 0.6) is 0 Å². The van der Waals surface area contributed by atoms with Gasteiger partial charge in [0.1, 0.15) is 6.26 Å². The lowest BCUT2D eigenvalue weighted by molar-refractivity contribution is -0.251. The van der Waals surface area contributed by atoms with Crippen molar-refractivity contribution in [2.24, 2.45) is 5.16 Å². The van der Waals surface area contributed by atoms with Crippen LogP contribution in [0.4, 0.5) is 0 Å². The molecule has 1 aromatic rings. The Bertz CT molecular complexity index is 189. The Labute approximate surface area is 68.5 Å². The molecule has 0 unspecified atom stereocenters. The molecule has 1 aliphatic heterocycles. The average molecular weight is 169 g/mol. The zero-order chi connectivity index (χ0) is 7.78. The van der Waals surface area contributed by atoms with Crippen molar-refractivity contribution in [3.8, 4) is 0 Å². The molecule has 0 amide bonds. The van der Waals surface area contributed by atoms with E-state index in [1.807, 2.05) is 22.9 Å². The monoisotopic (exact) mass is 169 g/mol. The number of rotatable bonds is 0.